The number of hydrogen-bond acceptors (Lipinski definition) is 4. The Bertz CT molecular complexity index is 1070. The first-order valence-corrected chi connectivity index (χ1v) is 9.48. The van der Waals surface area contributed by atoms with Crippen molar-refractivity contribution < 1.29 is 9.18 Å². The van der Waals surface area contributed by atoms with Gasteiger partial charge in [-0.25, -0.2) is 4.39 Å². The number of halogens is 1. The van der Waals surface area contributed by atoms with Crippen molar-refractivity contribution in [2.24, 2.45) is 0 Å². The van der Waals surface area contributed by atoms with E-state index in [4.69, 9.17) is 0 Å². The van der Waals surface area contributed by atoms with Gasteiger partial charge in [0.15, 0.2) is 0 Å². The van der Waals surface area contributed by atoms with Gasteiger partial charge in [0.1, 0.15) is 11.6 Å². The van der Waals surface area contributed by atoms with Gasteiger partial charge in [0.05, 0.1) is 5.69 Å². The fourth-order valence-corrected chi connectivity index (χ4v) is 3.35. The standard InChI is InChI=1S/C22H21FN4O2/c1-16-2-4-17(5-3-16)22(29)26-14-12-25(13-15-26)20-10-11-21(28)27(24-20)19-8-6-18(23)7-9-19/h2-11H,12-15H2,1H3. The minimum Gasteiger partial charge on any atom is -0.352 e. The lowest BCUT2D eigenvalue weighted by atomic mass is 10.1. The van der Waals surface area contributed by atoms with E-state index in [9.17, 15) is 14.0 Å². The zero-order chi connectivity index (χ0) is 20.4. The summed E-state index contributed by atoms with van der Waals surface area (Å²) < 4.78 is 14.4. The highest BCUT2D eigenvalue weighted by Crippen LogP contribution is 2.16. The van der Waals surface area contributed by atoms with Crippen molar-refractivity contribution in [3.05, 3.63) is 88.0 Å². The molecule has 0 N–H and O–H groups in total. The second kappa shape index (κ2) is 7.87. The Hall–Kier alpha value is -3.48. The molecule has 0 aliphatic carbocycles. The summed E-state index contributed by atoms with van der Waals surface area (Å²) in [5.74, 6) is 0.303. The molecular weight excluding hydrogens is 371 g/mol. The lowest BCUT2D eigenvalue weighted by Gasteiger charge is -2.35. The van der Waals surface area contributed by atoms with Gasteiger partial charge in [0.25, 0.3) is 11.5 Å². The second-order valence-corrected chi connectivity index (χ2v) is 7.06. The number of aryl methyl sites for hydroxylation is 1. The van der Waals surface area contributed by atoms with Crippen LogP contribution in [0.1, 0.15) is 15.9 Å². The first-order chi connectivity index (χ1) is 14.0. The average Bonchev–Trinajstić information content (AvgIpc) is 2.75. The van der Waals surface area contributed by atoms with E-state index in [1.165, 1.54) is 35.0 Å². The number of benzene rings is 2. The van der Waals surface area contributed by atoms with Crippen LogP contribution in [0, 0.1) is 12.7 Å². The van der Waals surface area contributed by atoms with Crippen molar-refractivity contribution >= 4 is 11.7 Å². The number of piperazine rings is 1. The number of carbonyl (C=O) groups is 1. The number of rotatable bonds is 3. The molecule has 3 aromatic rings. The number of hydrogen-bond donors (Lipinski definition) is 0. The quantitative estimate of drug-likeness (QED) is 0.688. The SMILES string of the molecule is Cc1ccc(C(=O)N2CCN(c3ccc(=O)n(-c4ccc(F)cc4)n3)CC2)cc1. The van der Waals surface area contributed by atoms with Gasteiger partial charge in [-0.05, 0) is 49.4 Å². The monoisotopic (exact) mass is 392 g/mol. The molecule has 0 saturated carbocycles. The molecule has 0 radical (unpaired) electrons. The number of anilines is 1. The minimum absolute atomic E-state index is 0.0221. The van der Waals surface area contributed by atoms with Crippen LogP contribution in [0.2, 0.25) is 0 Å². The van der Waals surface area contributed by atoms with E-state index in [0.717, 1.165) is 5.56 Å². The lowest BCUT2D eigenvalue weighted by Crippen LogP contribution is -2.49. The zero-order valence-electron chi connectivity index (χ0n) is 16.1. The fourth-order valence-electron chi connectivity index (χ4n) is 3.35. The molecule has 1 aliphatic rings. The smallest absolute Gasteiger partial charge is 0.271 e. The molecule has 6 nitrogen and oxygen atoms in total. The van der Waals surface area contributed by atoms with Gasteiger partial charge in [0.2, 0.25) is 0 Å². The van der Waals surface area contributed by atoms with Gasteiger partial charge < -0.3 is 9.80 Å². The molecule has 1 amide bonds. The van der Waals surface area contributed by atoms with E-state index in [0.29, 0.717) is 43.2 Å². The van der Waals surface area contributed by atoms with Crippen molar-refractivity contribution in [1.29, 1.82) is 0 Å². The van der Waals surface area contributed by atoms with Gasteiger partial charge in [-0.3, -0.25) is 9.59 Å². The van der Waals surface area contributed by atoms with Crippen LogP contribution >= 0.6 is 0 Å². The number of nitrogens with zero attached hydrogens (tertiary/aromatic N) is 4. The van der Waals surface area contributed by atoms with Crippen molar-refractivity contribution in [3.8, 4) is 5.69 Å². The second-order valence-electron chi connectivity index (χ2n) is 7.06. The van der Waals surface area contributed by atoms with Crippen molar-refractivity contribution in [2.45, 2.75) is 6.92 Å². The molecule has 1 aliphatic heterocycles. The molecule has 4 rings (SSSR count). The molecule has 1 fully saturated rings. The van der Waals surface area contributed by atoms with E-state index in [2.05, 4.69) is 5.10 Å². The largest absolute Gasteiger partial charge is 0.352 e. The van der Waals surface area contributed by atoms with Crippen LogP contribution in [0.5, 0.6) is 0 Å². The Morgan fingerprint density at radius 2 is 1.55 bits per heavy atom. The summed E-state index contributed by atoms with van der Waals surface area (Å²) in [6.45, 7) is 4.37. The Morgan fingerprint density at radius 3 is 2.21 bits per heavy atom. The third kappa shape index (κ3) is 4.03. The van der Waals surface area contributed by atoms with Gasteiger partial charge in [0, 0.05) is 37.8 Å². The van der Waals surface area contributed by atoms with Crippen molar-refractivity contribution in [3.63, 3.8) is 0 Å². The van der Waals surface area contributed by atoms with Crippen LogP contribution in [-0.2, 0) is 0 Å². The number of aromatic nitrogens is 2. The molecule has 0 unspecified atom stereocenters. The summed E-state index contributed by atoms with van der Waals surface area (Å²) in [7, 11) is 0. The molecule has 7 heteroatoms. The summed E-state index contributed by atoms with van der Waals surface area (Å²) in [5, 5.41) is 4.44. The highest BCUT2D eigenvalue weighted by atomic mass is 19.1. The van der Waals surface area contributed by atoms with Crippen LogP contribution in [-0.4, -0.2) is 46.8 Å². The van der Waals surface area contributed by atoms with E-state index in [-0.39, 0.29) is 17.3 Å². The molecule has 2 aromatic carbocycles. The molecule has 0 atom stereocenters. The van der Waals surface area contributed by atoms with Gasteiger partial charge in [-0.15, -0.1) is 5.10 Å². The zero-order valence-corrected chi connectivity index (χ0v) is 16.1. The predicted molar refractivity (Wildman–Crippen MR) is 109 cm³/mol. The van der Waals surface area contributed by atoms with Crippen LogP contribution in [0.25, 0.3) is 5.69 Å². The Balaban J connectivity index is 1.48. The lowest BCUT2D eigenvalue weighted by molar-refractivity contribution is 0.0746. The Kier molecular flexibility index (Phi) is 5.12. The van der Waals surface area contributed by atoms with Crippen LogP contribution in [0.15, 0.2) is 65.5 Å². The number of carbonyl (C=O) groups excluding carboxylic acids is 1. The van der Waals surface area contributed by atoms with Gasteiger partial charge >= 0.3 is 0 Å². The average molecular weight is 392 g/mol. The molecule has 0 bridgehead atoms. The molecular formula is C22H21FN4O2. The topological polar surface area (TPSA) is 58.4 Å². The summed E-state index contributed by atoms with van der Waals surface area (Å²) in [5.41, 5.74) is 2.03. The Morgan fingerprint density at radius 1 is 0.897 bits per heavy atom. The van der Waals surface area contributed by atoms with Gasteiger partial charge in [-0.2, -0.15) is 4.68 Å². The maximum absolute atomic E-state index is 13.2. The Labute approximate surface area is 167 Å². The predicted octanol–water partition coefficient (Wildman–Crippen LogP) is 2.64. The third-order valence-electron chi connectivity index (χ3n) is 5.05. The highest BCUT2D eigenvalue weighted by Gasteiger charge is 2.23. The third-order valence-corrected chi connectivity index (χ3v) is 5.05. The van der Waals surface area contributed by atoms with Crippen molar-refractivity contribution in [1.82, 2.24) is 14.7 Å². The van der Waals surface area contributed by atoms with Crippen LogP contribution in [0.3, 0.4) is 0 Å². The summed E-state index contributed by atoms with van der Waals surface area (Å²) in [6, 6.07) is 16.3. The maximum Gasteiger partial charge on any atom is 0.271 e. The molecule has 29 heavy (non-hydrogen) atoms. The normalized spacial score (nSPS) is 14.1. The maximum atomic E-state index is 13.2. The summed E-state index contributed by atoms with van der Waals surface area (Å²) in [4.78, 5) is 28.7. The van der Waals surface area contributed by atoms with E-state index < -0.39 is 0 Å². The van der Waals surface area contributed by atoms with E-state index in [1.54, 1.807) is 6.07 Å². The molecule has 1 aromatic heterocycles. The molecule has 2 heterocycles. The van der Waals surface area contributed by atoms with Crippen molar-refractivity contribution in [2.75, 3.05) is 31.1 Å². The van der Waals surface area contributed by atoms with Crippen LogP contribution < -0.4 is 10.5 Å². The summed E-state index contributed by atoms with van der Waals surface area (Å²) >= 11 is 0. The fraction of sp³-hybridized carbons (Fsp3) is 0.227. The minimum atomic E-state index is -0.368. The first-order valence-electron chi connectivity index (χ1n) is 9.48. The van der Waals surface area contributed by atoms with Gasteiger partial charge in [-0.1, -0.05) is 17.7 Å². The summed E-state index contributed by atoms with van der Waals surface area (Å²) in [6.07, 6.45) is 0. The highest BCUT2D eigenvalue weighted by molar-refractivity contribution is 5.94. The van der Waals surface area contributed by atoms with Crippen LogP contribution in [0.4, 0.5) is 10.2 Å². The first kappa shape index (κ1) is 18.9. The molecule has 0 spiro atoms. The molecule has 1 saturated heterocycles. The molecule has 148 valence electrons. The number of amides is 1. The van der Waals surface area contributed by atoms with E-state index in [1.807, 2.05) is 41.0 Å². The van der Waals surface area contributed by atoms with E-state index >= 15 is 0 Å².